The van der Waals surface area contributed by atoms with Crippen LogP contribution in [0.3, 0.4) is 0 Å². The average molecular weight is 435 g/mol. The Morgan fingerprint density at radius 3 is 2.67 bits per heavy atom. The lowest BCUT2D eigenvalue weighted by molar-refractivity contribution is -0.145. The van der Waals surface area contributed by atoms with Crippen molar-refractivity contribution in [1.29, 1.82) is 0 Å². The zero-order valence-corrected chi connectivity index (χ0v) is 16.0. The van der Waals surface area contributed by atoms with Gasteiger partial charge in [-0.3, -0.25) is 4.57 Å². The molecule has 3 aromatic heterocycles. The molecule has 0 fully saturated rings. The number of anilines is 1. The van der Waals surface area contributed by atoms with Crippen LogP contribution in [0.4, 0.5) is 19.0 Å². The summed E-state index contributed by atoms with van der Waals surface area (Å²) in [5.41, 5.74) is 0.560. The molecular formula is C17H12F3N7O2S. The first-order valence-corrected chi connectivity index (χ1v) is 9.18. The van der Waals surface area contributed by atoms with Crippen LogP contribution in [-0.2, 0) is 12.7 Å². The molecule has 4 rings (SSSR count). The maximum Gasteiger partial charge on any atom is 0.450 e. The first kappa shape index (κ1) is 19.7. The van der Waals surface area contributed by atoms with Crippen molar-refractivity contribution in [3.8, 4) is 5.82 Å². The van der Waals surface area contributed by atoms with Crippen LogP contribution < -0.4 is 5.32 Å². The fourth-order valence-electron chi connectivity index (χ4n) is 2.75. The van der Waals surface area contributed by atoms with Gasteiger partial charge in [0.05, 0.1) is 46.1 Å². The van der Waals surface area contributed by atoms with Gasteiger partial charge in [-0.2, -0.15) is 13.2 Å². The molecule has 0 spiro atoms. The molecule has 0 saturated carbocycles. The van der Waals surface area contributed by atoms with E-state index in [-0.39, 0.29) is 22.4 Å². The molecule has 0 bridgehead atoms. The zero-order valence-electron chi connectivity index (χ0n) is 15.2. The van der Waals surface area contributed by atoms with Crippen LogP contribution in [-0.4, -0.2) is 40.2 Å². The smallest absolute Gasteiger partial charge is 0.450 e. The van der Waals surface area contributed by atoms with Crippen LogP contribution in [0.5, 0.6) is 0 Å². The normalized spacial score (nSPS) is 11.7. The number of hydrogen-bond acceptors (Lipinski definition) is 8. The van der Waals surface area contributed by atoms with Crippen molar-refractivity contribution in [3.63, 3.8) is 0 Å². The molecule has 0 aliphatic carbocycles. The third-order valence-electron chi connectivity index (χ3n) is 4.20. The van der Waals surface area contributed by atoms with Crippen molar-refractivity contribution >= 4 is 34.4 Å². The van der Waals surface area contributed by atoms with E-state index in [1.165, 1.54) is 36.1 Å². The Labute approximate surface area is 170 Å². The van der Waals surface area contributed by atoms with Crippen LogP contribution in [0.25, 0.3) is 16.9 Å². The molecule has 9 nitrogen and oxygen atoms in total. The molecule has 154 valence electrons. The van der Waals surface area contributed by atoms with Gasteiger partial charge in [0.15, 0.2) is 5.82 Å². The quantitative estimate of drug-likeness (QED) is 0.490. The predicted octanol–water partition coefficient (Wildman–Crippen LogP) is 3.30. The number of aromatic nitrogens is 6. The largest absolute Gasteiger partial charge is 0.478 e. The second-order valence-corrected chi connectivity index (χ2v) is 7.01. The SMILES string of the molecule is Cc1nnsc1CNc1cnc(-n2c(C(F)(F)F)nc3cc(C(=O)O)ccc32)cn1. The van der Waals surface area contributed by atoms with Crippen molar-refractivity contribution in [2.45, 2.75) is 19.6 Å². The van der Waals surface area contributed by atoms with Gasteiger partial charge in [0.2, 0.25) is 5.82 Å². The molecule has 3 heterocycles. The lowest BCUT2D eigenvalue weighted by Crippen LogP contribution is -2.15. The number of benzene rings is 1. The lowest BCUT2D eigenvalue weighted by atomic mass is 10.2. The monoisotopic (exact) mass is 435 g/mol. The van der Waals surface area contributed by atoms with Gasteiger partial charge in [-0.15, -0.1) is 5.10 Å². The van der Waals surface area contributed by atoms with Crippen molar-refractivity contribution in [2.24, 2.45) is 0 Å². The van der Waals surface area contributed by atoms with Crippen molar-refractivity contribution < 1.29 is 23.1 Å². The fraction of sp³-hybridized carbons (Fsp3) is 0.176. The molecule has 0 atom stereocenters. The van der Waals surface area contributed by atoms with Crippen LogP contribution in [0.1, 0.15) is 26.8 Å². The number of rotatable bonds is 5. The molecular weight excluding hydrogens is 423 g/mol. The van der Waals surface area contributed by atoms with Gasteiger partial charge in [-0.1, -0.05) is 4.49 Å². The standard InChI is InChI=1S/C17H12F3N7O2S/c1-8-12(30-26-25-8)5-21-13-6-23-14(7-22-13)27-11-3-2-9(15(28)29)4-10(11)24-16(27)17(18,19)20/h2-4,6-7H,5H2,1H3,(H,21,22)(H,28,29). The first-order chi connectivity index (χ1) is 14.2. The number of aryl methyl sites for hydroxylation is 1. The summed E-state index contributed by atoms with van der Waals surface area (Å²) in [6.45, 7) is 2.21. The molecule has 0 saturated heterocycles. The Kier molecular flexibility index (Phi) is 4.81. The van der Waals surface area contributed by atoms with E-state index < -0.39 is 18.0 Å². The minimum absolute atomic E-state index is 0.0636. The Morgan fingerprint density at radius 2 is 2.07 bits per heavy atom. The number of aromatic carboxylic acids is 1. The van der Waals surface area contributed by atoms with Crippen LogP contribution in [0.15, 0.2) is 30.6 Å². The summed E-state index contributed by atoms with van der Waals surface area (Å²) >= 11 is 1.23. The number of carboxylic acid groups (broad SMARTS) is 1. The highest BCUT2D eigenvalue weighted by atomic mass is 32.1. The molecule has 2 N–H and O–H groups in total. The number of hydrogen-bond donors (Lipinski definition) is 2. The van der Waals surface area contributed by atoms with Crippen LogP contribution in [0.2, 0.25) is 0 Å². The Morgan fingerprint density at radius 1 is 1.27 bits per heavy atom. The summed E-state index contributed by atoms with van der Waals surface area (Å²) in [5.74, 6) is -2.23. The highest BCUT2D eigenvalue weighted by molar-refractivity contribution is 7.05. The molecule has 30 heavy (non-hydrogen) atoms. The average Bonchev–Trinajstić information content (AvgIpc) is 3.29. The number of carboxylic acids is 1. The molecule has 1 aromatic carbocycles. The van der Waals surface area contributed by atoms with Crippen LogP contribution >= 0.6 is 11.5 Å². The molecule has 0 aliphatic heterocycles. The number of halogens is 3. The zero-order chi connectivity index (χ0) is 21.5. The second-order valence-electron chi connectivity index (χ2n) is 6.17. The minimum Gasteiger partial charge on any atom is -0.478 e. The van der Waals surface area contributed by atoms with Crippen molar-refractivity contribution in [2.75, 3.05) is 5.32 Å². The van der Waals surface area contributed by atoms with Gasteiger partial charge in [-0.25, -0.2) is 19.7 Å². The van der Waals surface area contributed by atoms with E-state index in [1.807, 2.05) is 6.92 Å². The summed E-state index contributed by atoms with van der Waals surface area (Å²) in [7, 11) is 0. The maximum absolute atomic E-state index is 13.6. The molecule has 0 aliphatic rings. The predicted molar refractivity (Wildman–Crippen MR) is 101 cm³/mol. The fourth-order valence-corrected chi connectivity index (χ4v) is 3.32. The van der Waals surface area contributed by atoms with Gasteiger partial charge < -0.3 is 10.4 Å². The molecule has 13 heteroatoms. The summed E-state index contributed by atoms with van der Waals surface area (Å²) in [6.07, 6.45) is -2.30. The van der Waals surface area contributed by atoms with Crippen molar-refractivity contribution in [1.82, 2.24) is 29.1 Å². The van der Waals surface area contributed by atoms with E-state index in [0.717, 1.165) is 21.2 Å². The molecule has 0 radical (unpaired) electrons. The Hall–Kier alpha value is -3.61. The number of imidazole rings is 1. The summed E-state index contributed by atoms with van der Waals surface area (Å²) < 4.78 is 45.3. The van der Waals surface area contributed by atoms with E-state index in [0.29, 0.717) is 12.4 Å². The van der Waals surface area contributed by atoms with Crippen molar-refractivity contribution in [3.05, 3.63) is 52.6 Å². The minimum atomic E-state index is -4.78. The maximum atomic E-state index is 13.6. The topological polar surface area (TPSA) is 119 Å². The highest BCUT2D eigenvalue weighted by Gasteiger charge is 2.38. The second kappa shape index (κ2) is 7.33. The van der Waals surface area contributed by atoms with E-state index in [4.69, 9.17) is 5.11 Å². The summed E-state index contributed by atoms with van der Waals surface area (Å²) in [6, 6.07) is 3.55. The van der Waals surface area contributed by atoms with E-state index in [2.05, 4.69) is 29.9 Å². The third-order valence-corrected chi connectivity index (χ3v) is 5.02. The molecule has 0 unspecified atom stereocenters. The van der Waals surface area contributed by atoms with E-state index in [1.54, 1.807) is 0 Å². The van der Waals surface area contributed by atoms with Gasteiger partial charge in [0.1, 0.15) is 5.82 Å². The lowest BCUT2D eigenvalue weighted by Gasteiger charge is -2.11. The summed E-state index contributed by atoms with van der Waals surface area (Å²) in [5, 5.41) is 16.0. The molecule has 0 amide bonds. The van der Waals surface area contributed by atoms with Crippen LogP contribution in [0, 0.1) is 6.92 Å². The van der Waals surface area contributed by atoms with Gasteiger partial charge in [0, 0.05) is 0 Å². The van der Waals surface area contributed by atoms with E-state index >= 15 is 0 Å². The third kappa shape index (κ3) is 3.66. The first-order valence-electron chi connectivity index (χ1n) is 8.41. The summed E-state index contributed by atoms with van der Waals surface area (Å²) in [4.78, 5) is 23.8. The molecule has 4 aromatic rings. The van der Waals surface area contributed by atoms with Gasteiger partial charge in [0.25, 0.3) is 0 Å². The highest BCUT2D eigenvalue weighted by Crippen LogP contribution is 2.33. The Balaban J connectivity index is 1.71. The Bertz CT molecular complexity index is 1230. The number of carbonyl (C=O) groups is 1. The number of fused-ring (bicyclic) bond motifs is 1. The van der Waals surface area contributed by atoms with Gasteiger partial charge in [-0.05, 0) is 36.7 Å². The van der Waals surface area contributed by atoms with Gasteiger partial charge >= 0.3 is 12.1 Å². The number of nitrogens with one attached hydrogen (secondary N) is 1. The number of alkyl halides is 3. The number of nitrogens with zero attached hydrogens (tertiary/aromatic N) is 6. The van der Waals surface area contributed by atoms with E-state index in [9.17, 15) is 18.0 Å².